The number of hydrogen-bond donors (Lipinski definition) is 4. The van der Waals surface area contributed by atoms with Gasteiger partial charge in [0.25, 0.3) is 0 Å². The van der Waals surface area contributed by atoms with Crippen LogP contribution in [0.2, 0.25) is 0 Å². The lowest BCUT2D eigenvalue weighted by Gasteiger charge is -2.13. The number of H-pyrrole nitrogens is 1. The molecule has 1 heterocycles. The van der Waals surface area contributed by atoms with Gasteiger partial charge in [0.15, 0.2) is 11.5 Å². The molecular formula is C18H20N5O3S+. The van der Waals surface area contributed by atoms with Crippen LogP contribution in [0.15, 0.2) is 47.6 Å². The smallest absolute Gasteiger partial charge is 0.313 e. The van der Waals surface area contributed by atoms with E-state index in [9.17, 15) is 10.0 Å². The molecule has 0 saturated carbocycles. The molecule has 0 atom stereocenters. The number of hydrogen-bond acceptors (Lipinski definition) is 6. The zero-order valence-electron chi connectivity index (χ0n) is 14.9. The lowest BCUT2D eigenvalue weighted by molar-refractivity contribution is -0.825. The van der Waals surface area contributed by atoms with Crippen LogP contribution in [0.5, 0.6) is 0 Å². The Morgan fingerprint density at radius 1 is 1.15 bits per heavy atom. The average molecular weight is 386 g/mol. The van der Waals surface area contributed by atoms with Crippen molar-refractivity contribution in [2.24, 2.45) is 0 Å². The van der Waals surface area contributed by atoms with E-state index in [0.29, 0.717) is 16.7 Å². The fourth-order valence-corrected chi connectivity index (χ4v) is 3.07. The van der Waals surface area contributed by atoms with E-state index in [4.69, 9.17) is 5.11 Å². The molecule has 5 N–H and O–H groups in total. The third-order valence-corrected chi connectivity index (χ3v) is 4.72. The van der Waals surface area contributed by atoms with Gasteiger partial charge in [-0.05, 0) is 29.3 Å². The molecule has 0 fully saturated rings. The Morgan fingerprint density at radius 3 is 2.48 bits per heavy atom. The van der Waals surface area contributed by atoms with Crippen LogP contribution in [0.25, 0.3) is 22.5 Å². The average Bonchev–Trinajstić information content (AvgIpc) is 3.15. The molecule has 3 rings (SSSR count). The lowest BCUT2D eigenvalue weighted by atomic mass is 10.0. The van der Waals surface area contributed by atoms with E-state index in [1.807, 2.05) is 55.4 Å². The monoisotopic (exact) mass is 386 g/mol. The summed E-state index contributed by atoms with van der Waals surface area (Å²) in [6.45, 7) is 0. The standard InChI is InChI=1S/C18H19N5O3S/c1-23(2)15-5-3-11(4-6-15)12-7-13(9-14(8-12)22-26)17-19-18(21-20-17)27-10-16(24)25/h3-9,22,26H,10H2,1-2H3,(H,24,25)(H,19,20,21)/p+1. The maximum Gasteiger partial charge on any atom is 0.313 e. The summed E-state index contributed by atoms with van der Waals surface area (Å²) >= 11 is 1.04. The highest BCUT2D eigenvalue weighted by atomic mass is 32.2. The van der Waals surface area contributed by atoms with Crippen molar-refractivity contribution in [2.75, 3.05) is 24.7 Å². The van der Waals surface area contributed by atoms with Crippen LogP contribution in [0.4, 0.5) is 11.4 Å². The summed E-state index contributed by atoms with van der Waals surface area (Å²) in [6, 6.07) is 13.7. The highest BCUT2D eigenvalue weighted by Gasteiger charge is 2.12. The first-order valence-corrected chi connectivity index (χ1v) is 9.12. The zero-order chi connectivity index (χ0) is 19.4. The van der Waals surface area contributed by atoms with Gasteiger partial charge in [0.05, 0.1) is 5.75 Å². The molecule has 0 radical (unpaired) electrons. The highest BCUT2D eigenvalue weighted by molar-refractivity contribution is 7.99. The van der Waals surface area contributed by atoms with Crippen molar-refractivity contribution in [1.29, 1.82) is 0 Å². The molecule has 0 spiro atoms. The maximum atomic E-state index is 10.7. The van der Waals surface area contributed by atoms with Crippen molar-refractivity contribution in [2.45, 2.75) is 5.16 Å². The Labute approximate surface area is 160 Å². The number of carbonyl (C=O) groups is 1. The van der Waals surface area contributed by atoms with Crippen molar-refractivity contribution in [3.8, 4) is 22.5 Å². The molecule has 0 bridgehead atoms. The largest absolute Gasteiger partial charge is 0.481 e. The number of aromatic nitrogens is 3. The number of aromatic amines is 1. The third kappa shape index (κ3) is 4.64. The molecule has 9 heteroatoms. The number of carboxylic acids is 1. The molecule has 0 aliphatic rings. The number of nitrogens with zero attached hydrogens (tertiary/aromatic N) is 3. The van der Waals surface area contributed by atoms with E-state index in [-0.39, 0.29) is 5.75 Å². The minimum Gasteiger partial charge on any atom is -0.481 e. The second kappa shape index (κ2) is 8.21. The third-order valence-electron chi connectivity index (χ3n) is 3.88. The summed E-state index contributed by atoms with van der Waals surface area (Å²) in [7, 11) is 3.97. The van der Waals surface area contributed by atoms with Crippen LogP contribution in [-0.2, 0) is 4.79 Å². The molecule has 0 amide bonds. The number of nitrogens with two attached hydrogens (primary N) is 1. The Hall–Kier alpha value is -2.88. The normalized spacial score (nSPS) is 10.8. The summed E-state index contributed by atoms with van der Waals surface area (Å²) < 4.78 is 0. The summed E-state index contributed by atoms with van der Waals surface area (Å²) in [5, 5.41) is 25.5. The minimum absolute atomic E-state index is 0.106. The highest BCUT2D eigenvalue weighted by Crippen LogP contribution is 2.29. The van der Waals surface area contributed by atoms with Crippen molar-refractivity contribution >= 4 is 29.1 Å². The fraction of sp³-hybridized carbons (Fsp3) is 0.167. The van der Waals surface area contributed by atoms with Gasteiger partial charge >= 0.3 is 5.97 Å². The molecule has 3 aromatic rings. The van der Waals surface area contributed by atoms with Gasteiger partial charge in [0.1, 0.15) is 0 Å². The number of aliphatic carboxylic acids is 1. The molecule has 0 unspecified atom stereocenters. The summed E-state index contributed by atoms with van der Waals surface area (Å²) in [4.78, 5) is 17.0. The molecule has 8 nitrogen and oxygen atoms in total. The van der Waals surface area contributed by atoms with Gasteiger partial charge in [-0.2, -0.15) is 5.48 Å². The number of nitrogens with one attached hydrogen (secondary N) is 1. The van der Waals surface area contributed by atoms with Gasteiger partial charge in [0.2, 0.25) is 5.16 Å². The predicted molar refractivity (Wildman–Crippen MR) is 103 cm³/mol. The van der Waals surface area contributed by atoms with Crippen LogP contribution in [0.1, 0.15) is 0 Å². The molecule has 0 aliphatic carbocycles. The van der Waals surface area contributed by atoms with Crippen LogP contribution in [-0.4, -0.2) is 51.3 Å². The lowest BCUT2D eigenvalue weighted by Crippen LogP contribution is -2.73. The Bertz CT molecular complexity index is 940. The molecule has 140 valence electrons. The predicted octanol–water partition coefficient (Wildman–Crippen LogP) is 1.97. The van der Waals surface area contributed by atoms with Gasteiger partial charge in [-0.3, -0.25) is 9.89 Å². The van der Waals surface area contributed by atoms with Gasteiger partial charge in [-0.15, -0.1) is 5.10 Å². The number of thioether (sulfide) groups is 1. The number of anilines is 1. The van der Waals surface area contributed by atoms with E-state index in [1.54, 1.807) is 6.07 Å². The topological polar surface area (TPSA) is 119 Å². The summed E-state index contributed by atoms with van der Waals surface area (Å²) in [6.07, 6.45) is 0. The number of rotatable bonds is 7. The van der Waals surface area contributed by atoms with E-state index in [2.05, 4.69) is 15.2 Å². The first-order chi connectivity index (χ1) is 13.0. The van der Waals surface area contributed by atoms with Gasteiger partial charge in [-0.1, -0.05) is 23.9 Å². The van der Waals surface area contributed by atoms with Crippen LogP contribution in [0.3, 0.4) is 0 Å². The molecule has 0 aliphatic heterocycles. The SMILES string of the molecule is CN(C)c1ccc(-c2cc([NH2+]O)cc(-c3nc(SCC(=O)O)n[nH]3)c2)cc1. The maximum absolute atomic E-state index is 10.7. The van der Waals surface area contributed by atoms with Crippen molar-refractivity contribution < 1.29 is 20.6 Å². The second-order valence-corrected chi connectivity index (χ2v) is 7.01. The summed E-state index contributed by atoms with van der Waals surface area (Å²) in [5.74, 6) is -0.518. The molecule has 1 aromatic heterocycles. The molecule has 2 aromatic carbocycles. The Morgan fingerprint density at radius 2 is 1.85 bits per heavy atom. The van der Waals surface area contributed by atoms with Gasteiger partial charge < -0.3 is 10.0 Å². The quantitative estimate of drug-likeness (QED) is 0.278. The molecular weight excluding hydrogens is 366 g/mol. The fourth-order valence-electron chi connectivity index (χ4n) is 2.55. The Balaban J connectivity index is 1.93. The number of benzene rings is 2. The number of carboxylic acid groups (broad SMARTS) is 1. The minimum atomic E-state index is -0.924. The number of quaternary nitrogens is 1. The molecule has 27 heavy (non-hydrogen) atoms. The van der Waals surface area contributed by atoms with Gasteiger partial charge in [-0.25, -0.2) is 10.2 Å². The van der Waals surface area contributed by atoms with E-state index in [0.717, 1.165) is 39.6 Å². The van der Waals surface area contributed by atoms with Gasteiger partial charge in [0, 0.05) is 37.5 Å². The first-order valence-electron chi connectivity index (χ1n) is 8.14. The van der Waals surface area contributed by atoms with Crippen molar-refractivity contribution in [1.82, 2.24) is 15.2 Å². The van der Waals surface area contributed by atoms with E-state index < -0.39 is 5.97 Å². The van der Waals surface area contributed by atoms with E-state index in [1.165, 1.54) is 0 Å². The summed E-state index contributed by atoms with van der Waals surface area (Å²) in [5.41, 5.74) is 5.45. The van der Waals surface area contributed by atoms with Crippen molar-refractivity contribution in [3.05, 3.63) is 42.5 Å². The zero-order valence-corrected chi connectivity index (χ0v) is 15.7. The second-order valence-electron chi connectivity index (χ2n) is 6.06. The van der Waals surface area contributed by atoms with E-state index >= 15 is 0 Å². The van der Waals surface area contributed by atoms with Crippen LogP contribution < -0.4 is 10.4 Å². The van der Waals surface area contributed by atoms with Crippen LogP contribution in [0, 0.1) is 0 Å². The first kappa shape index (κ1) is 18.9. The van der Waals surface area contributed by atoms with Crippen LogP contribution >= 0.6 is 11.8 Å². The van der Waals surface area contributed by atoms with Crippen molar-refractivity contribution in [3.63, 3.8) is 0 Å². The molecule has 0 saturated heterocycles. The Kier molecular flexibility index (Phi) is 5.75.